The standard InChI is InChI=1S/C24H40O2/c1-8-23(24(25)26-9-2)22(7)18-12-17-21(6)16-11-15-20(5)14-10-13-19(3)4/h13,15,17H,8-12,14,16,18H2,1-7H3/b20-15+,21-17+,23-22-. The highest BCUT2D eigenvalue weighted by Gasteiger charge is 2.11. The van der Waals surface area contributed by atoms with Crippen molar-refractivity contribution in [3.05, 3.63) is 46.1 Å². The van der Waals surface area contributed by atoms with Crippen molar-refractivity contribution in [1.82, 2.24) is 0 Å². The number of hydrogen-bond donors (Lipinski definition) is 0. The maximum atomic E-state index is 11.9. The molecule has 0 bridgehead atoms. The molecule has 26 heavy (non-hydrogen) atoms. The van der Waals surface area contributed by atoms with E-state index < -0.39 is 0 Å². The molecule has 0 aliphatic rings. The van der Waals surface area contributed by atoms with Crippen LogP contribution in [0.3, 0.4) is 0 Å². The first-order valence-electron chi connectivity index (χ1n) is 10.1. The minimum Gasteiger partial charge on any atom is -0.463 e. The van der Waals surface area contributed by atoms with Crippen molar-refractivity contribution in [3.63, 3.8) is 0 Å². The Labute approximate surface area is 162 Å². The van der Waals surface area contributed by atoms with Gasteiger partial charge in [-0.25, -0.2) is 4.79 Å². The second kappa shape index (κ2) is 14.6. The van der Waals surface area contributed by atoms with Gasteiger partial charge in [0, 0.05) is 5.57 Å². The largest absolute Gasteiger partial charge is 0.463 e. The van der Waals surface area contributed by atoms with Gasteiger partial charge in [-0.1, -0.05) is 47.4 Å². The Kier molecular flexibility index (Phi) is 13.7. The van der Waals surface area contributed by atoms with Crippen molar-refractivity contribution >= 4 is 5.97 Å². The van der Waals surface area contributed by atoms with E-state index in [1.165, 1.54) is 16.7 Å². The topological polar surface area (TPSA) is 26.3 Å². The Hall–Kier alpha value is -1.57. The summed E-state index contributed by atoms with van der Waals surface area (Å²) in [6.45, 7) is 15.1. The van der Waals surface area contributed by atoms with Gasteiger partial charge in [0.25, 0.3) is 0 Å². The van der Waals surface area contributed by atoms with E-state index in [2.05, 4.69) is 52.8 Å². The average molecular weight is 361 g/mol. The Morgan fingerprint density at radius 2 is 1.27 bits per heavy atom. The molecule has 0 heterocycles. The molecule has 0 amide bonds. The SMILES string of the molecule is CCOC(=O)/C(CC)=C(/C)CC/C=C(\C)CC/C=C(\C)CCC=C(C)C. The van der Waals surface area contributed by atoms with E-state index in [9.17, 15) is 4.79 Å². The maximum Gasteiger partial charge on any atom is 0.333 e. The molecule has 0 spiro atoms. The van der Waals surface area contributed by atoms with Crippen LogP contribution in [-0.4, -0.2) is 12.6 Å². The lowest BCUT2D eigenvalue weighted by molar-refractivity contribution is -0.138. The maximum absolute atomic E-state index is 11.9. The molecule has 0 rings (SSSR count). The number of allylic oxidation sites excluding steroid dienone is 7. The fourth-order valence-corrected chi connectivity index (χ4v) is 2.86. The molecule has 0 aromatic rings. The molecule has 148 valence electrons. The monoisotopic (exact) mass is 360 g/mol. The summed E-state index contributed by atoms with van der Waals surface area (Å²) >= 11 is 0. The second-order valence-corrected chi connectivity index (χ2v) is 7.33. The highest BCUT2D eigenvalue weighted by molar-refractivity contribution is 5.89. The van der Waals surface area contributed by atoms with E-state index in [0.29, 0.717) is 6.61 Å². The Balaban J connectivity index is 4.36. The second-order valence-electron chi connectivity index (χ2n) is 7.33. The minimum atomic E-state index is -0.151. The summed E-state index contributed by atoms with van der Waals surface area (Å²) in [6, 6.07) is 0. The number of ether oxygens (including phenoxy) is 1. The van der Waals surface area contributed by atoms with E-state index in [1.54, 1.807) is 0 Å². The van der Waals surface area contributed by atoms with Crippen molar-refractivity contribution < 1.29 is 9.53 Å². The van der Waals surface area contributed by atoms with Crippen molar-refractivity contribution in [1.29, 1.82) is 0 Å². The van der Waals surface area contributed by atoms with Crippen LogP contribution < -0.4 is 0 Å². The lowest BCUT2D eigenvalue weighted by Gasteiger charge is -2.09. The normalized spacial score (nSPS) is 13.3. The number of rotatable bonds is 12. The van der Waals surface area contributed by atoms with Gasteiger partial charge in [0.05, 0.1) is 6.61 Å². The van der Waals surface area contributed by atoms with Crippen LogP contribution >= 0.6 is 0 Å². The van der Waals surface area contributed by atoms with Crippen LogP contribution in [0.1, 0.15) is 93.4 Å². The average Bonchev–Trinajstić information content (AvgIpc) is 2.55. The molecule has 0 fully saturated rings. The van der Waals surface area contributed by atoms with E-state index in [-0.39, 0.29) is 5.97 Å². The highest BCUT2D eigenvalue weighted by atomic mass is 16.5. The van der Waals surface area contributed by atoms with Crippen LogP contribution in [0.4, 0.5) is 0 Å². The van der Waals surface area contributed by atoms with Gasteiger partial charge in [-0.15, -0.1) is 0 Å². The molecule has 0 saturated carbocycles. The van der Waals surface area contributed by atoms with E-state index >= 15 is 0 Å². The smallest absolute Gasteiger partial charge is 0.333 e. The van der Waals surface area contributed by atoms with Gasteiger partial charge in [0.2, 0.25) is 0 Å². The van der Waals surface area contributed by atoms with E-state index in [0.717, 1.165) is 56.1 Å². The third-order valence-electron chi connectivity index (χ3n) is 4.53. The molecule has 2 nitrogen and oxygen atoms in total. The van der Waals surface area contributed by atoms with Crippen LogP contribution in [0.25, 0.3) is 0 Å². The molecule has 0 aromatic heterocycles. The minimum absolute atomic E-state index is 0.151. The molecule has 0 aromatic carbocycles. The van der Waals surface area contributed by atoms with Crippen LogP contribution in [0.2, 0.25) is 0 Å². The summed E-state index contributed by atoms with van der Waals surface area (Å²) in [4.78, 5) is 11.9. The zero-order valence-corrected chi connectivity index (χ0v) is 18.2. The lowest BCUT2D eigenvalue weighted by atomic mass is 10.0. The van der Waals surface area contributed by atoms with Crippen LogP contribution in [-0.2, 0) is 9.53 Å². The lowest BCUT2D eigenvalue weighted by Crippen LogP contribution is -2.09. The van der Waals surface area contributed by atoms with Crippen molar-refractivity contribution in [2.75, 3.05) is 6.61 Å². The summed E-state index contributed by atoms with van der Waals surface area (Å²) in [5, 5.41) is 0. The molecular weight excluding hydrogens is 320 g/mol. The predicted octanol–water partition coefficient (Wildman–Crippen LogP) is 7.48. The van der Waals surface area contributed by atoms with Gasteiger partial charge >= 0.3 is 5.97 Å². The number of carbonyl (C=O) groups is 1. The van der Waals surface area contributed by atoms with Gasteiger partial charge in [0.15, 0.2) is 0 Å². The molecule has 0 unspecified atom stereocenters. The third-order valence-corrected chi connectivity index (χ3v) is 4.53. The van der Waals surface area contributed by atoms with Crippen LogP contribution in [0.15, 0.2) is 46.1 Å². The first kappa shape index (κ1) is 24.4. The highest BCUT2D eigenvalue weighted by Crippen LogP contribution is 2.17. The van der Waals surface area contributed by atoms with Crippen molar-refractivity contribution in [2.45, 2.75) is 93.4 Å². The number of hydrogen-bond acceptors (Lipinski definition) is 2. The zero-order valence-electron chi connectivity index (χ0n) is 18.2. The van der Waals surface area contributed by atoms with Gasteiger partial charge in [-0.05, 0) is 86.5 Å². The summed E-state index contributed by atoms with van der Waals surface area (Å²) in [6.07, 6.45) is 14.2. The predicted molar refractivity (Wildman–Crippen MR) is 114 cm³/mol. The number of esters is 1. The summed E-state index contributed by atoms with van der Waals surface area (Å²) in [7, 11) is 0. The van der Waals surface area contributed by atoms with E-state index in [4.69, 9.17) is 4.74 Å². The molecule has 0 radical (unpaired) electrons. The molecule has 2 heteroatoms. The molecular formula is C24H40O2. The van der Waals surface area contributed by atoms with Crippen molar-refractivity contribution in [2.24, 2.45) is 0 Å². The molecule has 0 aliphatic heterocycles. The van der Waals surface area contributed by atoms with Gasteiger partial charge in [0.1, 0.15) is 0 Å². The first-order chi connectivity index (χ1) is 12.3. The van der Waals surface area contributed by atoms with Crippen LogP contribution in [0.5, 0.6) is 0 Å². The third kappa shape index (κ3) is 11.9. The molecule has 0 atom stereocenters. The quantitative estimate of drug-likeness (QED) is 0.205. The molecule has 0 saturated heterocycles. The summed E-state index contributed by atoms with van der Waals surface area (Å²) < 4.78 is 5.14. The van der Waals surface area contributed by atoms with Gasteiger partial charge in [-0.2, -0.15) is 0 Å². The van der Waals surface area contributed by atoms with Crippen molar-refractivity contribution in [3.8, 4) is 0 Å². The molecule has 0 aliphatic carbocycles. The number of carbonyl (C=O) groups excluding carboxylic acids is 1. The summed E-state index contributed by atoms with van der Waals surface area (Å²) in [5.74, 6) is -0.151. The fraction of sp³-hybridized carbons (Fsp3) is 0.625. The zero-order chi connectivity index (χ0) is 19.9. The summed E-state index contributed by atoms with van der Waals surface area (Å²) in [5.41, 5.74) is 6.31. The van der Waals surface area contributed by atoms with Crippen LogP contribution in [0, 0.1) is 0 Å². The first-order valence-corrected chi connectivity index (χ1v) is 10.1. The Morgan fingerprint density at radius 1 is 0.769 bits per heavy atom. The fourth-order valence-electron chi connectivity index (χ4n) is 2.86. The van der Waals surface area contributed by atoms with E-state index in [1.807, 2.05) is 13.8 Å². The molecule has 0 N–H and O–H groups in total. The van der Waals surface area contributed by atoms with Gasteiger partial charge in [-0.3, -0.25) is 0 Å². The van der Waals surface area contributed by atoms with Gasteiger partial charge < -0.3 is 4.74 Å². The Bertz CT molecular complexity index is 541. The Morgan fingerprint density at radius 3 is 1.73 bits per heavy atom.